The van der Waals surface area contributed by atoms with Gasteiger partial charge in [0.1, 0.15) is 12.6 Å². The molecular weight excluding hydrogens is 296 g/mol. The molecule has 5 nitrogen and oxygen atoms in total. The van der Waals surface area contributed by atoms with Gasteiger partial charge in [0.2, 0.25) is 6.43 Å². The maximum absolute atomic E-state index is 12.8. The lowest BCUT2D eigenvalue weighted by Crippen LogP contribution is -2.45. The first kappa shape index (κ1) is 17.9. The minimum atomic E-state index is -2.70. The van der Waals surface area contributed by atoms with Crippen LogP contribution in [0, 0.1) is 5.41 Å². The number of hydrogen-bond donors (Lipinski definition) is 2. The Morgan fingerprint density at radius 1 is 1.27 bits per heavy atom. The summed E-state index contributed by atoms with van der Waals surface area (Å²) in [4.78, 5) is 22.7. The normalized spacial score (nSPS) is 12.8. The second kappa shape index (κ2) is 7.72. The molecule has 1 amide bonds. The number of rotatable bonds is 7. The zero-order valence-electron chi connectivity index (χ0n) is 12.4. The van der Waals surface area contributed by atoms with E-state index in [0.717, 1.165) is 5.56 Å². The maximum Gasteiger partial charge on any atom is 0.408 e. The molecule has 0 aliphatic heterocycles. The fourth-order valence-electron chi connectivity index (χ4n) is 1.72. The molecule has 0 spiro atoms. The predicted molar refractivity (Wildman–Crippen MR) is 75.6 cm³/mol. The van der Waals surface area contributed by atoms with Gasteiger partial charge in [-0.3, -0.25) is 0 Å². The Balaban J connectivity index is 2.56. The summed E-state index contributed by atoms with van der Waals surface area (Å²) in [6, 6.07) is 7.37. The fourth-order valence-corrected chi connectivity index (χ4v) is 1.72. The van der Waals surface area contributed by atoms with Crippen LogP contribution in [0.25, 0.3) is 0 Å². The van der Waals surface area contributed by atoms with Crippen molar-refractivity contribution in [3.8, 4) is 0 Å². The molecule has 0 aliphatic carbocycles. The Bertz CT molecular complexity index is 506. The van der Waals surface area contributed by atoms with Crippen LogP contribution in [0.3, 0.4) is 0 Å². The molecule has 1 aromatic carbocycles. The van der Waals surface area contributed by atoms with Gasteiger partial charge in [0, 0.05) is 5.41 Å². The number of ether oxygens (including phenoxy) is 1. The van der Waals surface area contributed by atoms with Gasteiger partial charge < -0.3 is 15.2 Å². The van der Waals surface area contributed by atoms with E-state index in [2.05, 4.69) is 5.32 Å². The highest BCUT2D eigenvalue weighted by Crippen LogP contribution is 2.30. The summed E-state index contributed by atoms with van der Waals surface area (Å²) in [7, 11) is 0. The van der Waals surface area contributed by atoms with Crippen LogP contribution in [0.15, 0.2) is 30.3 Å². The molecule has 1 atom stereocenters. The quantitative estimate of drug-likeness (QED) is 0.811. The van der Waals surface area contributed by atoms with Crippen LogP contribution in [0.4, 0.5) is 13.6 Å². The highest BCUT2D eigenvalue weighted by Gasteiger charge is 2.36. The van der Waals surface area contributed by atoms with Crippen LogP contribution in [-0.4, -0.2) is 29.6 Å². The summed E-state index contributed by atoms with van der Waals surface area (Å²) in [6.45, 7) is 2.45. The van der Waals surface area contributed by atoms with Crippen LogP contribution < -0.4 is 5.32 Å². The van der Waals surface area contributed by atoms with E-state index >= 15 is 0 Å². The molecule has 22 heavy (non-hydrogen) atoms. The van der Waals surface area contributed by atoms with E-state index in [1.165, 1.54) is 13.8 Å². The Morgan fingerprint density at radius 3 is 2.36 bits per heavy atom. The minimum Gasteiger partial charge on any atom is -0.480 e. The number of alkyl carbamates (subject to hydrolysis) is 1. The number of carboxylic acid groups (broad SMARTS) is 1. The lowest BCUT2D eigenvalue weighted by Gasteiger charge is -2.27. The molecular formula is C15H19F2NO4. The molecule has 2 N–H and O–H groups in total. The second-order valence-electron chi connectivity index (χ2n) is 5.59. The lowest BCUT2D eigenvalue weighted by molar-refractivity contribution is -0.141. The van der Waals surface area contributed by atoms with Crippen molar-refractivity contribution >= 4 is 12.1 Å². The first-order valence-electron chi connectivity index (χ1n) is 6.70. The van der Waals surface area contributed by atoms with Crippen LogP contribution in [-0.2, 0) is 16.1 Å². The smallest absolute Gasteiger partial charge is 0.408 e. The number of alkyl halides is 2. The van der Waals surface area contributed by atoms with Crippen LogP contribution in [0.1, 0.15) is 25.8 Å². The number of carbonyl (C=O) groups excluding carboxylic acids is 1. The third-order valence-electron chi connectivity index (χ3n) is 3.12. The predicted octanol–water partition coefficient (Wildman–Crippen LogP) is 3.05. The van der Waals surface area contributed by atoms with Gasteiger partial charge >= 0.3 is 12.1 Å². The molecule has 0 aromatic heterocycles. The van der Waals surface area contributed by atoms with Gasteiger partial charge in [0.05, 0.1) is 0 Å². The van der Waals surface area contributed by atoms with E-state index in [9.17, 15) is 18.4 Å². The Labute approximate surface area is 127 Å². The van der Waals surface area contributed by atoms with E-state index in [0.29, 0.717) is 0 Å². The topological polar surface area (TPSA) is 75.6 Å². The van der Waals surface area contributed by atoms with E-state index < -0.39 is 36.4 Å². The van der Waals surface area contributed by atoms with Crippen molar-refractivity contribution in [1.82, 2.24) is 5.32 Å². The third-order valence-corrected chi connectivity index (χ3v) is 3.12. The molecule has 0 fully saturated rings. The van der Waals surface area contributed by atoms with Crippen molar-refractivity contribution in [1.29, 1.82) is 0 Å². The van der Waals surface area contributed by atoms with Crippen molar-refractivity contribution < 1.29 is 28.2 Å². The molecule has 0 saturated heterocycles. The molecule has 122 valence electrons. The summed E-state index contributed by atoms with van der Waals surface area (Å²) in [5, 5.41) is 11.1. The molecule has 1 aromatic rings. The van der Waals surface area contributed by atoms with Crippen molar-refractivity contribution in [3.05, 3.63) is 35.9 Å². The first-order chi connectivity index (χ1) is 10.2. The average molecular weight is 315 g/mol. The zero-order valence-corrected chi connectivity index (χ0v) is 12.4. The molecule has 0 aliphatic rings. The van der Waals surface area contributed by atoms with Crippen molar-refractivity contribution in [2.45, 2.75) is 39.3 Å². The minimum absolute atomic E-state index is 0.0305. The van der Waals surface area contributed by atoms with Gasteiger partial charge in [0.15, 0.2) is 0 Å². The number of aliphatic carboxylic acids is 1. The SMILES string of the molecule is CC(C)(C[C@H](NC(=O)OCc1ccccc1)C(=O)O)C(F)F. The number of carbonyl (C=O) groups is 2. The van der Waals surface area contributed by atoms with E-state index in [-0.39, 0.29) is 6.61 Å². The van der Waals surface area contributed by atoms with Crippen molar-refractivity contribution in [3.63, 3.8) is 0 Å². The second-order valence-corrected chi connectivity index (χ2v) is 5.59. The summed E-state index contributed by atoms with van der Waals surface area (Å²) >= 11 is 0. The molecule has 1 rings (SSSR count). The lowest BCUT2D eigenvalue weighted by atomic mass is 9.86. The Kier molecular flexibility index (Phi) is 6.27. The van der Waals surface area contributed by atoms with Crippen LogP contribution in [0.2, 0.25) is 0 Å². The zero-order chi connectivity index (χ0) is 16.8. The molecule has 0 unspecified atom stereocenters. The number of carboxylic acids is 1. The fraction of sp³-hybridized carbons (Fsp3) is 0.467. The summed E-state index contributed by atoms with van der Waals surface area (Å²) < 4.78 is 30.5. The standard InChI is InChI=1S/C15H19F2NO4/c1-15(2,13(16)17)8-11(12(19)20)18-14(21)22-9-10-6-4-3-5-7-10/h3-7,11,13H,8-9H2,1-2H3,(H,18,21)(H,19,20)/t11-/m0/s1. The van der Waals surface area contributed by atoms with Crippen molar-refractivity contribution in [2.75, 3.05) is 0 Å². The highest BCUT2D eigenvalue weighted by molar-refractivity contribution is 5.79. The van der Waals surface area contributed by atoms with E-state index in [4.69, 9.17) is 9.84 Å². The molecule has 0 heterocycles. The monoisotopic (exact) mass is 315 g/mol. The summed E-state index contributed by atoms with van der Waals surface area (Å²) in [5.74, 6) is -1.38. The van der Waals surface area contributed by atoms with Gasteiger partial charge in [-0.05, 0) is 12.0 Å². The highest BCUT2D eigenvalue weighted by atomic mass is 19.3. The Hall–Kier alpha value is -2.18. The summed E-state index contributed by atoms with van der Waals surface area (Å²) in [6.07, 6.45) is -4.06. The van der Waals surface area contributed by atoms with Gasteiger partial charge in [0.25, 0.3) is 0 Å². The summed E-state index contributed by atoms with van der Waals surface area (Å²) in [5.41, 5.74) is -0.798. The molecule has 0 saturated carbocycles. The maximum atomic E-state index is 12.8. The van der Waals surface area contributed by atoms with Gasteiger partial charge in [-0.2, -0.15) is 0 Å². The Morgan fingerprint density at radius 2 is 1.86 bits per heavy atom. The van der Waals surface area contributed by atoms with Crippen LogP contribution >= 0.6 is 0 Å². The van der Waals surface area contributed by atoms with Gasteiger partial charge in [-0.15, -0.1) is 0 Å². The number of nitrogens with one attached hydrogen (secondary N) is 1. The molecule has 0 bridgehead atoms. The first-order valence-corrected chi connectivity index (χ1v) is 6.70. The number of benzene rings is 1. The van der Waals surface area contributed by atoms with Gasteiger partial charge in [-0.25, -0.2) is 18.4 Å². The number of amides is 1. The molecule has 7 heteroatoms. The largest absolute Gasteiger partial charge is 0.480 e. The number of hydrogen-bond acceptors (Lipinski definition) is 3. The van der Waals surface area contributed by atoms with Crippen LogP contribution in [0.5, 0.6) is 0 Å². The number of halogens is 2. The third kappa shape index (κ3) is 5.67. The van der Waals surface area contributed by atoms with Crippen molar-refractivity contribution in [2.24, 2.45) is 5.41 Å². The average Bonchev–Trinajstić information content (AvgIpc) is 2.45. The van der Waals surface area contributed by atoms with E-state index in [1.54, 1.807) is 30.3 Å². The van der Waals surface area contributed by atoms with E-state index in [1.807, 2.05) is 0 Å². The molecule has 0 radical (unpaired) electrons. The van der Waals surface area contributed by atoms with Gasteiger partial charge in [-0.1, -0.05) is 44.2 Å².